The van der Waals surface area contributed by atoms with Gasteiger partial charge in [-0.15, -0.1) is 5.10 Å². The Morgan fingerprint density at radius 1 is 0.806 bits per heavy atom. The quantitative estimate of drug-likeness (QED) is 0.374. The molecule has 2 heterocycles. The zero-order valence-electron chi connectivity index (χ0n) is 21.4. The molecule has 5 rings (SSSR count). The zero-order valence-corrected chi connectivity index (χ0v) is 21.4. The first-order chi connectivity index (χ1) is 17.6. The van der Waals surface area contributed by atoms with Crippen LogP contribution in [0.3, 0.4) is 0 Å². The number of piperazine rings is 1. The van der Waals surface area contributed by atoms with Crippen LogP contribution in [-0.2, 0) is 0 Å². The largest absolute Gasteiger partial charge is 0.297 e. The molecule has 0 bridgehead atoms. The summed E-state index contributed by atoms with van der Waals surface area (Å²) in [6, 6.07) is 25.6. The fourth-order valence-corrected chi connectivity index (χ4v) is 5.04. The maximum absolute atomic E-state index is 4.59. The van der Waals surface area contributed by atoms with Crippen LogP contribution >= 0.6 is 0 Å². The molecule has 1 saturated heterocycles. The lowest BCUT2D eigenvalue weighted by Crippen LogP contribution is -2.48. The van der Waals surface area contributed by atoms with Crippen LogP contribution in [0, 0.1) is 20.8 Å². The molecule has 3 aromatic carbocycles. The van der Waals surface area contributed by atoms with Gasteiger partial charge in [0.1, 0.15) is 0 Å². The summed E-state index contributed by atoms with van der Waals surface area (Å²) >= 11 is 0. The molecule has 36 heavy (non-hydrogen) atoms. The first-order valence-corrected chi connectivity index (χ1v) is 12.7. The molecule has 0 N–H and O–H groups in total. The van der Waals surface area contributed by atoms with Crippen molar-refractivity contribution in [3.63, 3.8) is 0 Å². The highest BCUT2D eigenvalue weighted by molar-refractivity contribution is 5.49. The lowest BCUT2D eigenvalue weighted by atomic mass is 10.0. The Labute approximate surface area is 213 Å². The molecule has 184 valence electrons. The number of tetrazole rings is 1. The smallest absolute Gasteiger partial charge is 0.178 e. The van der Waals surface area contributed by atoms with E-state index in [1.165, 1.54) is 27.8 Å². The monoisotopic (exact) mass is 478 g/mol. The first-order valence-electron chi connectivity index (χ1n) is 12.7. The second-order valence-electron chi connectivity index (χ2n) is 9.65. The minimum atomic E-state index is -0.0124. The summed E-state index contributed by atoms with van der Waals surface area (Å²) in [7, 11) is 0. The third-order valence-corrected chi connectivity index (χ3v) is 7.03. The van der Waals surface area contributed by atoms with Crippen LogP contribution in [0.2, 0.25) is 0 Å². The van der Waals surface area contributed by atoms with Gasteiger partial charge in [0.25, 0.3) is 0 Å². The predicted octanol–water partition coefficient (Wildman–Crippen LogP) is 5.01. The van der Waals surface area contributed by atoms with E-state index in [4.69, 9.17) is 0 Å². The van der Waals surface area contributed by atoms with Crippen molar-refractivity contribution in [3.05, 3.63) is 113 Å². The SMILES string of the molecule is Cc1ccc([C@@H](c2nnnn2-c2c(C)cccc2C)N2CCN(C/C=C/c3ccccc3)CC2)cc1. The van der Waals surface area contributed by atoms with E-state index < -0.39 is 0 Å². The molecule has 0 aliphatic carbocycles. The second-order valence-corrected chi connectivity index (χ2v) is 9.65. The maximum Gasteiger partial charge on any atom is 0.178 e. The van der Waals surface area contributed by atoms with Gasteiger partial charge in [-0.05, 0) is 53.5 Å². The van der Waals surface area contributed by atoms with Gasteiger partial charge in [0.15, 0.2) is 5.82 Å². The molecule has 1 aliphatic rings. The molecule has 0 saturated carbocycles. The first kappa shape index (κ1) is 24.1. The lowest BCUT2D eigenvalue weighted by Gasteiger charge is -2.38. The molecule has 0 radical (unpaired) electrons. The van der Waals surface area contributed by atoms with Gasteiger partial charge < -0.3 is 0 Å². The summed E-state index contributed by atoms with van der Waals surface area (Å²) in [6.45, 7) is 11.2. The number of rotatable bonds is 7. The average molecular weight is 479 g/mol. The fraction of sp³-hybridized carbons (Fsp3) is 0.300. The van der Waals surface area contributed by atoms with E-state index in [9.17, 15) is 0 Å². The minimum absolute atomic E-state index is 0.0124. The molecule has 1 aliphatic heterocycles. The van der Waals surface area contributed by atoms with Crippen molar-refractivity contribution in [3.8, 4) is 5.69 Å². The van der Waals surface area contributed by atoms with Crippen molar-refractivity contribution in [2.24, 2.45) is 0 Å². The van der Waals surface area contributed by atoms with Gasteiger partial charge in [0.2, 0.25) is 0 Å². The van der Waals surface area contributed by atoms with Crippen molar-refractivity contribution >= 4 is 6.08 Å². The van der Waals surface area contributed by atoms with Gasteiger partial charge in [-0.1, -0.05) is 90.5 Å². The van der Waals surface area contributed by atoms with Gasteiger partial charge in [-0.3, -0.25) is 9.80 Å². The summed E-state index contributed by atoms with van der Waals surface area (Å²) < 4.78 is 1.95. The van der Waals surface area contributed by atoms with Crippen LogP contribution in [0.4, 0.5) is 0 Å². The summed E-state index contributed by atoms with van der Waals surface area (Å²) in [5, 5.41) is 13.2. The summed E-state index contributed by atoms with van der Waals surface area (Å²) in [5.74, 6) is 0.869. The van der Waals surface area contributed by atoms with Crippen LogP contribution < -0.4 is 0 Å². The third kappa shape index (κ3) is 5.30. The standard InChI is InChI=1S/C30H34N6/c1-23-14-16-27(17-15-23)29(30-31-32-33-36(30)28-24(2)9-7-10-25(28)3)35-21-19-34(20-22-35)18-8-13-26-11-5-4-6-12-26/h4-17,29H,18-22H2,1-3H3/b13-8+/t29-/m0/s1. The summed E-state index contributed by atoms with van der Waals surface area (Å²) in [6.07, 6.45) is 4.48. The van der Waals surface area contributed by atoms with Crippen molar-refractivity contribution in [1.29, 1.82) is 0 Å². The Hall–Kier alpha value is -3.61. The molecule has 1 atom stereocenters. The van der Waals surface area contributed by atoms with E-state index in [2.05, 4.69) is 131 Å². The fourth-order valence-electron chi connectivity index (χ4n) is 5.04. The molecule has 0 unspecified atom stereocenters. The highest BCUT2D eigenvalue weighted by Gasteiger charge is 2.31. The number of aryl methyl sites for hydroxylation is 3. The molecule has 1 aromatic heterocycles. The normalized spacial score (nSPS) is 16.0. The molecule has 0 spiro atoms. The van der Waals surface area contributed by atoms with E-state index in [1.807, 2.05) is 4.68 Å². The average Bonchev–Trinajstić information content (AvgIpc) is 3.36. The van der Waals surface area contributed by atoms with E-state index in [-0.39, 0.29) is 6.04 Å². The van der Waals surface area contributed by atoms with E-state index in [1.54, 1.807) is 0 Å². The minimum Gasteiger partial charge on any atom is -0.297 e. The third-order valence-electron chi connectivity index (χ3n) is 7.03. The van der Waals surface area contributed by atoms with E-state index >= 15 is 0 Å². The van der Waals surface area contributed by atoms with Gasteiger partial charge in [-0.2, -0.15) is 4.68 Å². The highest BCUT2D eigenvalue weighted by atomic mass is 15.6. The lowest BCUT2D eigenvalue weighted by molar-refractivity contribution is 0.113. The van der Waals surface area contributed by atoms with Crippen LogP contribution in [0.15, 0.2) is 78.9 Å². The second kappa shape index (κ2) is 11.0. The molecule has 6 heteroatoms. The van der Waals surface area contributed by atoms with Crippen LogP contribution in [-0.4, -0.2) is 62.7 Å². The van der Waals surface area contributed by atoms with Crippen LogP contribution in [0.5, 0.6) is 0 Å². The molecule has 6 nitrogen and oxygen atoms in total. The maximum atomic E-state index is 4.59. The molecular formula is C30H34N6. The number of hydrogen-bond acceptors (Lipinski definition) is 5. The van der Waals surface area contributed by atoms with Gasteiger partial charge in [0, 0.05) is 32.7 Å². The number of aromatic nitrogens is 4. The van der Waals surface area contributed by atoms with Crippen LogP contribution in [0.25, 0.3) is 11.8 Å². The summed E-state index contributed by atoms with van der Waals surface area (Å²) in [5.41, 5.74) is 7.12. The summed E-state index contributed by atoms with van der Waals surface area (Å²) in [4.78, 5) is 5.04. The van der Waals surface area contributed by atoms with Gasteiger partial charge in [-0.25, -0.2) is 0 Å². The predicted molar refractivity (Wildman–Crippen MR) is 145 cm³/mol. The number of nitrogens with zero attached hydrogens (tertiary/aromatic N) is 6. The van der Waals surface area contributed by atoms with Crippen molar-refractivity contribution in [2.45, 2.75) is 26.8 Å². The topological polar surface area (TPSA) is 50.1 Å². The highest BCUT2D eigenvalue weighted by Crippen LogP contribution is 2.31. The Morgan fingerprint density at radius 3 is 2.19 bits per heavy atom. The Morgan fingerprint density at radius 2 is 1.50 bits per heavy atom. The number of para-hydroxylation sites is 1. The molecule has 4 aromatic rings. The zero-order chi connectivity index (χ0) is 24.9. The Bertz CT molecular complexity index is 1280. The molecule has 0 amide bonds. The van der Waals surface area contributed by atoms with Crippen LogP contribution in [0.1, 0.15) is 39.7 Å². The Kier molecular flexibility index (Phi) is 7.35. The number of benzene rings is 3. The number of hydrogen-bond donors (Lipinski definition) is 0. The van der Waals surface area contributed by atoms with E-state index in [0.717, 1.165) is 44.2 Å². The van der Waals surface area contributed by atoms with Gasteiger partial charge in [0.05, 0.1) is 11.7 Å². The van der Waals surface area contributed by atoms with Crippen molar-refractivity contribution in [2.75, 3.05) is 32.7 Å². The van der Waals surface area contributed by atoms with Crippen molar-refractivity contribution < 1.29 is 0 Å². The Balaban J connectivity index is 1.39. The van der Waals surface area contributed by atoms with Crippen molar-refractivity contribution in [1.82, 2.24) is 30.0 Å². The molecule has 1 fully saturated rings. The molecular weight excluding hydrogens is 444 g/mol. The van der Waals surface area contributed by atoms with E-state index in [0.29, 0.717) is 0 Å². The van der Waals surface area contributed by atoms with Gasteiger partial charge >= 0.3 is 0 Å².